The van der Waals surface area contributed by atoms with E-state index in [9.17, 15) is 4.39 Å². The Balaban J connectivity index is 2.05. The summed E-state index contributed by atoms with van der Waals surface area (Å²) in [7, 11) is 0. The first-order chi connectivity index (χ1) is 9.10. The molecular formula is C14H15FN4. The Morgan fingerprint density at radius 1 is 1.37 bits per heavy atom. The molecule has 98 valence electrons. The van der Waals surface area contributed by atoms with E-state index in [1.165, 1.54) is 0 Å². The molecule has 4 nitrogen and oxygen atoms in total. The first kappa shape index (κ1) is 11.9. The van der Waals surface area contributed by atoms with Crippen LogP contribution in [-0.2, 0) is 12.1 Å². The topological polar surface area (TPSA) is 80.2 Å². The van der Waals surface area contributed by atoms with Crippen molar-refractivity contribution in [1.82, 2.24) is 4.98 Å². The number of hydrogen-bond acceptors (Lipinski definition) is 3. The fraction of sp³-hybridized carbons (Fsp3) is 0.214. The Labute approximate surface area is 110 Å². The van der Waals surface area contributed by atoms with Gasteiger partial charge >= 0.3 is 0 Å². The van der Waals surface area contributed by atoms with Crippen molar-refractivity contribution in [2.45, 2.75) is 18.5 Å². The SMILES string of the molecule is NC1=C(F)C=NC(N)(c2c[nH]c3c2CC=CC=C3)C1. The van der Waals surface area contributed by atoms with E-state index in [0.717, 1.165) is 29.5 Å². The minimum Gasteiger partial charge on any atom is -0.400 e. The average molecular weight is 258 g/mol. The van der Waals surface area contributed by atoms with Crippen molar-refractivity contribution >= 4 is 12.3 Å². The van der Waals surface area contributed by atoms with Crippen LogP contribution < -0.4 is 11.5 Å². The third kappa shape index (κ3) is 1.92. The summed E-state index contributed by atoms with van der Waals surface area (Å²) in [5, 5.41) is 0. The zero-order chi connectivity index (χ0) is 13.5. The smallest absolute Gasteiger partial charge is 0.159 e. The summed E-state index contributed by atoms with van der Waals surface area (Å²) in [4.78, 5) is 7.33. The van der Waals surface area contributed by atoms with Gasteiger partial charge in [0.25, 0.3) is 0 Å². The molecule has 1 aliphatic carbocycles. The van der Waals surface area contributed by atoms with Crippen LogP contribution in [0.1, 0.15) is 23.2 Å². The molecule has 5 heteroatoms. The molecule has 0 saturated heterocycles. The van der Waals surface area contributed by atoms with E-state index in [0.29, 0.717) is 0 Å². The predicted molar refractivity (Wildman–Crippen MR) is 74.0 cm³/mol. The van der Waals surface area contributed by atoms with Gasteiger partial charge in [-0.25, -0.2) is 4.39 Å². The molecule has 5 N–H and O–H groups in total. The van der Waals surface area contributed by atoms with Crippen molar-refractivity contribution in [3.8, 4) is 0 Å². The molecule has 0 spiro atoms. The second-order valence-corrected chi connectivity index (χ2v) is 4.82. The number of allylic oxidation sites excluding steroid dienone is 4. The van der Waals surface area contributed by atoms with Crippen LogP contribution in [0.3, 0.4) is 0 Å². The Bertz CT molecular complexity index is 636. The van der Waals surface area contributed by atoms with Gasteiger partial charge in [0.1, 0.15) is 5.66 Å². The van der Waals surface area contributed by atoms with Crippen LogP contribution in [-0.4, -0.2) is 11.2 Å². The fourth-order valence-corrected chi connectivity index (χ4v) is 2.48. The second kappa shape index (κ2) is 4.20. The lowest BCUT2D eigenvalue weighted by Crippen LogP contribution is -2.39. The predicted octanol–water partition coefficient (Wildman–Crippen LogP) is 1.87. The molecular weight excluding hydrogens is 243 g/mol. The van der Waals surface area contributed by atoms with Gasteiger partial charge in [-0.2, -0.15) is 0 Å². The monoisotopic (exact) mass is 258 g/mol. The van der Waals surface area contributed by atoms with Crippen molar-refractivity contribution in [1.29, 1.82) is 0 Å². The van der Waals surface area contributed by atoms with E-state index < -0.39 is 11.5 Å². The first-order valence-electron chi connectivity index (χ1n) is 6.12. The highest BCUT2D eigenvalue weighted by atomic mass is 19.1. The minimum absolute atomic E-state index is 0.146. The van der Waals surface area contributed by atoms with Crippen molar-refractivity contribution in [3.05, 3.63) is 52.8 Å². The van der Waals surface area contributed by atoms with Crippen molar-refractivity contribution in [3.63, 3.8) is 0 Å². The second-order valence-electron chi connectivity index (χ2n) is 4.82. The summed E-state index contributed by atoms with van der Waals surface area (Å²) >= 11 is 0. The molecule has 1 aromatic rings. The number of aliphatic imine (C=N–C) groups is 1. The molecule has 1 aliphatic heterocycles. The molecule has 0 saturated carbocycles. The Morgan fingerprint density at radius 3 is 3.00 bits per heavy atom. The Morgan fingerprint density at radius 2 is 2.21 bits per heavy atom. The number of nitrogens with two attached hydrogens (primary N) is 2. The van der Waals surface area contributed by atoms with Gasteiger partial charge in [-0.3, -0.25) is 4.99 Å². The Hall–Kier alpha value is -2.14. The van der Waals surface area contributed by atoms with Gasteiger partial charge in [-0.1, -0.05) is 18.2 Å². The maximum atomic E-state index is 13.3. The molecule has 0 radical (unpaired) electrons. The van der Waals surface area contributed by atoms with E-state index >= 15 is 0 Å². The summed E-state index contributed by atoms with van der Waals surface area (Å²) in [6.07, 6.45) is 11.9. The molecule has 1 unspecified atom stereocenters. The van der Waals surface area contributed by atoms with Crippen molar-refractivity contribution in [2.24, 2.45) is 16.5 Å². The molecule has 2 heterocycles. The number of nitrogens with one attached hydrogen (secondary N) is 1. The number of nitrogens with zero attached hydrogens (tertiary/aromatic N) is 1. The third-order valence-electron chi connectivity index (χ3n) is 3.50. The zero-order valence-corrected chi connectivity index (χ0v) is 10.4. The van der Waals surface area contributed by atoms with Crippen LogP contribution in [0.25, 0.3) is 6.08 Å². The summed E-state index contributed by atoms with van der Waals surface area (Å²) in [6, 6.07) is 0. The lowest BCUT2D eigenvalue weighted by molar-refractivity contribution is 0.442. The molecule has 2 aliphatic rings. The van der Waals surface area contributed by atoms with E-state index in [2.05, 4.69) is 16.1 Å². The first-order valence-corrected chi connectivity index (χ1v) is 6.12. The third-order valence-corrected chi connectivity index (χ3v) is 3.50. The standard InChI is InChI=1S/C14H15FN4/c15-11-8-19-14(17,6-12(11)16)10-7-18-13-5-3-1-2-4-9(10)13/h1-3,5,7-8,18H,4,6,16-17H2. The summed E-state index contributed by atoms with van der Waals surface area (Å²) in [5.41, 5.74) is 14.1. The molecule has 0 amide bonds. The van der Waals surface area contributed by atoms with Crippen LogP contribution in [0.4, 0.5) is 4.39 Å². The van der Waals surface area contributed by atoms with Gasteiger partial charge in [0.05, 0.1) is 11.9 Å². The number of H-pyrrole nitrogens is 1. The van der Waals surface area contributed by atoms with E-state index in [-0.39, 0.29) is 12.1 Å². The fourth-order valence-electron chi connectivity index (χ4n) is 2.48. The number of dihydropyridines is 1. The van der Waals surface area contributed by atoms with E-state index in [1.54, 1.807) is 0 Å². The van der Waals surface area contributed by atoms with Gasteiger partial charge in [-0.15, -0.1) is 0 Å². The maximum absolute atomic E-state index is 13.3. The minimum atomic E-state index is -0.990. The highest BCUT2D eigenvalue weighted by Crippen LogP contribution is 2.34. The van der Waals surface area contributed by atoms with Gasteiger partial charge < -0.3 is 16.5 Å². The lowest BCUT2D eigenvalue weighted by Gasteiger charge is -2.28. The van der Waals surface area contributed by atoms with Crippen molar-refractivity contribution in [2.75, 3.05) is 0 Å². The zero-order valence-electron chi connectivity index (χ0n) is 10.4. The van der Waals surface area contributed by atoms with Gasteiger partial charge in [-0.05, 0) is 18.1 Å². The summed E-state index contributed by atoms with van der Waals surface area (Å²) in [6.45, 7) is 0. The summed E-state index contributed by atoms with van der Waals surface area (Å²) < 4.78 is 13.3. The maximum Gasteiger partial charge on any atom is 0.159 e. The number of aromatic nitrogens is 1. The molecule has 1 aromatic heterocycles. The molecule has 19 heavy (non-hydrogen) atoms. The van der Waals surface area contributed by atoms with Crippen LogP contribution in [0.5, 0.6) is 0 Å². The van der Waals surface area contributed by atoms with Gasteiger partial charge in [0, 0.05) is 23.9 Å². The van der Waals surface area contributed by atoms with Crippen LogP contribution in [0.15, 0.2) is 40.9 Å². The largest absolute Gasteiger partial charge is 0.400 e. The highest BCUT2D eigenvalue weighted by Gasteiger charge is 2.34. The highest BCUT2D eigenvalue weighted by molar-refractivity contribution is 5.78. The molecule has 0 bridgehead atoms. The number of hydrogen-bond donors (Lipinski definition) is 3. The van der Waals surface area contributed by atoms with E-state index in [4.69, 9.17) is 11.5 Å². The molecule has 1 atom stereocenters. The number of fused-ring (bicyclic) bond motifs is 1. The van der Waals surface area contributed by atoms with Crippen molar-refractivity contribution < 1.29 is 4.39 Å². The van der Waals surface area contributed by atoms with Crippen LogP contribution >= 0.6 is 0 Å². The normalized spacial score (nSPS) is 25.6. The number of aromatic amines is 1. The van der Waals surface area contributed by atoms with Gasteiger partial charge in [0.2, 0.25) is 0 Å². The lowest BCUT2D eigenvalue weighted by atomic mass is 9.91. The number of halogens is 1. The van der Waals surface area contributed by atoms with Crippen LogP contribution in [0.2, 0.25) is 0 Å². The average Bonchev–Trinajstić information content (AvgIpc) is 2.65. The summed E-state index contributed by atoms with van der Waals surface area (Å²) in [5.74, 6) is -0.498. The Kier molecular flexibility index (Phi) is 2.64. The van der Waals surface area contributed by atoms with E-state index in [1.807, 2.05) is 24.4 Å². The quantitative estimate of drug-likeness (QED) is 0.718. The molecule has 3 rings (SSSR count). The molecule has 0 fully saturated rings. The number of rotatable bonds is 1. The van der Waals surface area contributed by atoms with Gasteiger partial charge in [0.15, 0.2) is 5.83 Å². The van der Waals surface area contributed by atoms with Crippen LogP contribution in [0, 0.1) is 0 Å². The molecule has 0 aromatic carbocycles.